The number of imidazole rings is 1. The number of aryl methyl sites for hydroxylation is 1. The van der Waals surface area contributed by atoms with Gasteiger partial charge in [0.15, 0.2) is 0 Å². The molecule has 1 unspecified atom stereocenters. The monoisotopic (exact) mass is 415 g/mol. The van der Waals surface area contributed by atoms with Crippen molar-refractivity contribution in [3.05, 3.63) is 58.0 Å². The molecule has 1 aliphatic heterocycles. The van der Waals surface area contributed by atoms with Crippen LogP contribution in [0.4, 0.5) is 5.69 Å². The SMILES string of the molecule is Cn1c(=O)n(CC(=O)Nc2cc(Cl)ccc2OCC2CCCO2)c2ccccc21. The number of carbonyl (C=O) groups is 1. The maximum absolute atomic E-state index is 12.7. The number of nitrogens with one attached hydrogen (secondary N) is 1. The lowest BCUT2D eigenvalue weighted by molar-refractivity contribution is -0.116. The standard InChI is InChI=1S/C21H22ClN3O4/c1-24-17-6-2-3-7-18(17)25(21(24)27)12-20(26)23-16-11-14(22)8-9-19(16)29-13-15-5-4-10-28-15/h2-3,6-9,11,15H,4-5,10,12-13H2,1H3,(H,23,26). The van der Waals surface area contributed by atoms with Crippen LogP contribution in [0.1, 0.15) is 12.8 Å². The summed E-state index contributed by atoms with van der Waals surface area (Å²) in [5.41, 5.74) is 1.70. The third-order valence-electron chi connectivity index (χ3n) is 5.02. The van der Waals surface area contributed by atoms with Gasteiger partial charge in [0.1, 0.15) is 18.9 Å². The Morgan fingerprint density at radius 1 is 1.28 bits per heavy atom. The van der Waals surface area contributed by atoms with Gasteiger partial charge >= 0.3 is 5.69 Å². The van der Waals surface area contributed by atoms with Crippen LogP contribution in [-0.4, -0.2) is 34.4 Å². The Morgan fingerprint density at radius 2 is 2.07 bits per heavy atom. The van der Waals surface area contributed by atoms with Crippen LogP contribution in [0.3, 0.4) is 0 Å². The number of aromatic nitrogens is 2. The summed E-state index contributed by atoms with van der Waals surface area (Å²) >= 11 is 6.10. The first-order chi connectivity index (χ1) is 14.0. The Morgan fingerprint density at radius 3 is 2.83 bits per heavy atom. The van der Waals surface area contributed by atoms with Gasteiger partial charge in [0.05, 0.1) is 22.8 Å². The van der Waals surface area contributed by atoms with Crippen molar-refractivity contribution in [3.63, 3.8) is 0 Å². The van der Waals surface area contributed by atoms with Gasteiger partial charge in [0.25, 0.3) is 0 Å². The highest BCUT2D eigenvalue weighted by Gasteiger charge is 2.18. The van der Waals surface area contributed by atoms with Gasteiger partial charge in [-0.05, 0) is 43.2 Å². The molecule has 0 bridgehead atoms. The van der Waals surface area contributed by atoms with Gasteiger partial charge in [-0.2, -0.15) is 0 Å². The molecular formula is C21H22ClN3O4. The van der Waals surface area contributed by atoms with Crippen LogP contribution < -0.4 is 15.7 Å². The molecule has 1 aliphatic rings. The lowest BCUT2D eigenvalue weighted by Crippen LogP contribution is -2.28. The van der Waals surface area contributed by atoms with Crippen LogP contribution in [-0.2, 0) is 23.1 Å². The molecule has 8 heteroatoms. The smallest absolute Gasteiger partial charge is 0.329 e. The number of amides is 1. The molecule has 0 spiro atoms. The minimum absolute atomic E-state index is 0.0588. The van der Waals surface area contributed by atoms with E-state index in [1.54, 1.807) is 25.2 Å². The second-order valence-electron chi connectivity index (χ2n) is 7.05. The van der Waals surface area contributed by atoms with Crippen LogP contribution in [0.15, 0.2) is 47.3 Å². The van der Waals surface area contributed by atoms with Crippen molar-refractivity contribution in [2.24, 2.45) is 7.05 Å². The topological polar surface area (TPSA) is 74.5 Å². The van der Waals surface area contributed by atoms with Crippen molar-refractivity contribution in [1.29, 1.82) is 0 Å². The first-order valence-corrected chi connectivity index (χ1v) is 9.89. The van der Waals surface area contributed by atoms with Crippen molar-refractivity contribution >= 4 is 34.2 Å². The highest BCUT2D eigenvalue weighted by Crippen LogP contribution is 2.29. The molecule has 1 amide bonds. The average Bonchev–Trinajstić information content (AvgIpc) is 3.31. The number of fused-ring (bicyclic) bond motifs is 1. The number of anilines is 1. The maximum atomic E-state index is 12.7. The van der Waals surface area contributed by atoms with Gasteiger partial charge in [0, 0.05) is 18.7 Å². The Kier molecular flexibility index (Phi) is 5.60. The van der Waals surface area contributed by atoms with Crippen molar-refractivity contribution in [1.82, 2.24) is 9.13 Å². The molecule has 1 fully saturated rings. The van der Waals surface area contributed by atoms with E-state index in [1.165, 1.54) is 9.13 Å². The number of para-hydroxylation sites is 2. The first-order valence-electron chi connectivity index (χ1n) is 9.51. The van der Waals surface area contributed by atoms with Gasteiger partial charge in [0.2, 0.25) is 5.91 Å². The van der Waals surface area contributed by atoms with E-state index in [1.807, 2.05) is 24.3 Å². The maximum Gasteiger partial charge on any atom is 0.329 e. The number of rotatable bonds is 6. The second-order valence-corrected chi connectivity index (χ2v) is 7.49. The summed E-state index contributed by atoms with van der Waals surface area (Å²) in [4.78, 5) is 25.2. The highest BCUT2D eigenvalue weighted by molar-refractivity contribution is 6.31. The minimum atomic E-state index is -0.340. The fourth-order valence-electron chi connectivity index (χ4n) is 3.53. The molecule has 152 valence electrons. The molecule has 0 radical (unpaired) electrons. The highest BCUT2D eigenvalue weighted by atomic mass is 35.5. The minimum Gasteiger partial charge on any atom is -0.489 e. The second kappa shape index (κ2) is 8.31. The number of hydrogen-bond donors (Lipinski definition) is 1. The van der Waals surface area contributed by atoms with E-state index in [0.717, 1.165) is 25.0 Å². The van der Waals surface area contributed by atoms with E-state index in [9.17, 15) is 9.59 Å². The Balaban J connectivity index is 1.52. The molecule has 0 aliphatic carbocycles. The largest absolute Gasteiger partial charge is 0.489 e. The molecule has 0 saturated carbocycles. The summed E-state index contributed by atoms with van der Waals surface area (Å²) in [5.74, 6) is 0.177. The van der Waals surface area contributed by atoms with Crippen molar-refractivity contribution in [2.45, 2.75) is 25.5 Å². The number of benzene rings is 2. The Labute approximate surface area is 172 Å². The van der Waals surface area contributed by atoms with Crippen LogP contribution in [0.5, 0.6) is 5.75 Å². The molecule has 2 heterocycles. The van der Waals surface area contributed by atoms with E-state index < -0.39 is 0 Å². The summed E-state index contributed by atoms with van der Waals surface area (Å²) < 4.78 is 14.4. The zero-order valence-corrected chi connectivity index (χ0v) is 16.8. The molecule has 4 rings (SSSR count). The lowest BCUT2D eigenvalue weighted by Gasteiger charge is -2.15. The van der Waals surface area contributed by atoms with Gasteiger partial charge < -0.3 is 14.8 Å². The lowest BCUT2D eigenvalue weighted by atomic mass is 10.2. The zero-order chi connectivity index (χ0) is 20.4. The van der Waals surface area contributed by atoms with E-state index in [2.05, 4.69) is 5.32 Å². The number of carbonyl (C=O) groups excluding carboxylic acids is 1. The van der Waals surface area contributed by atoms with Gasteiger partial charge in [-0.25, -0.2) is 4.79 Å². The summed E-state index contributed by atoms with van der Waals surface area (Å²) in [6.45, 7) is 1.04. The molecule has 7 nitrogen and oxygen atoms in total. The number of ether oxygens (including phenoxy) is 2. The van der Waals surface area contributed by atoms with Gasteiger partial charge in [-0.3, -0.25) is 13.9 Å². The van der Waals surface area contributed by atoms with E-state index in [0.29, 0.717) is 28.6 Å². The summed E-state index contributed by atoms with van der Waals surface area (Å²) in [6, 6.07) is 12.4. The van der Waals surface area contributed by atoms with Crippen molar-refractivity contribution in [2.75, 3.05) is 18.5 Å². The van der Waals surface area contributed by atoms with Gasteiger partial charge in [-0.15, -0.1) is 0 Å². The predicted molar refractivity (Wildman–Crippen MR) is 112 cm³/mol. The Bertz CT molecular complexity index is 1100. The molecule has 1 atom stereocenters. The molecule has 29 heavy (non-hydrogen) atoms. The molecule has 2 aromatic carbocycles. The summed E-state index contributed by atoms with van der Waals surface area (Å²) in [7, 11) is 1.69. The van der Waals surface area contributed by atoms with Crippen molar-refractivity contribution in [3.8, 4) is 5.75 Å². The van der Waals surface area contributed by atoms with Crippen molar-refractivity contribution < 1.29 is 14.3 Å². The first kappa shape index (κ1) is 19.5. The third kappa shape index (κ3) is 4.16. The number of halogens is 1. The van der Waals surface area contributed by atoms with Gasteiger partial charge in [-0.1, -0.05) is 23.7 Å². The van der Waals surface area contributed by atoms with E-state index in [4.69, 9.17) is 21.1 Å². The molecule has 1 N–H and O–H groups in total. The fourth-order valence-corrected chi connectivity index (χ4v) is 3.71. The third-order valence-corrected chi connectivity index (χ3v) is 5.25. The van der Waals surface area contributed by atoms with Crippen LogP contribution in [0.25, 0.3) is 11.0 Å². The molecule has 1 saturated heterocycles. The average molecular weight is 416 g/mol. The summed E-state index contributed by atoms with van der Waals surface area (Å²) in [5, 5.41) is 3.30. The van der Waals surface area contributed by atoms with Crippen LogP contribution in [0.2, 0.25) is 5.02 Å². The zero-order valence-electron chi connectivity index (χ0n) is 16.1. The fraction of sp³-hybridized carbons (Fsp3) is 0.333. The van der Waals surface area contributed by atoms with Crippen LogP contribution >= 0.6 is 11.6 Å². The predicted octanol–water partition coefficient (Wildman–Crippen LogP) is 3.19. The molecule has 1 aromatic heterocycles. The molecule has 3 aromatic rings. The number of hydrogen-bond acceptors (Lipinski definition) is 4. The van der Waals surface area contributed by atoms with E-state index in [-0.39, 0.29) is 24.2 Å². The number of nitrogens with zero attached hydrogens (tertiary/aromatic N) is 2. The van der Waals surface area contributed by atoms with E-state index >= 15 is 0 Å². The quantitative estimate of drug-likeness (QED) is 0.671. The normalized spacial score (nSPS) is 16.3. The molecular weight excluding hydrogens is 394 g/mol. The summed E-state index contributed by atoms with van der Waals surface area (Å²) in [6.07, 6.45) is 2.04. The van der Waals surface area contributed by atoms with Crippen LogP contribution in [0, 0.1) is 0 Å². The Hall–Kier alpha value is -2.77.